The Kier molecular flexibility index (Phi) is 25.1. The number of phenols is 1. The molecule has 72 heavy (non-hydrogen) atoms. The molecule has 5 aromatic carbocycles. The minimum atomic E-state index is -4.71. The van der Waals surface area contributed by atoms with Crippen LogP contribution < -0.4 is 16.0 Å². The molecule has 5 rings (SSSR count). The maximum atomic E-state index is 12.4. The number of halogens is 3. The number of nitrogens with one attached hydrogen (secondary N) is 3. The number of amides is 2. The number of aliphatic carboxylic acids is 3. The summed E-state index contributed by atoms with van der Waals surface area (Å²) in [6, 6.07) is 28.1. The van der Waals surface area contributed by atoms with E-state index in [1.165, 1.54) is 31.2 Å². The van der Waals surface area contributed by atoms with E-state index in [1.807, 2.05) is 56.3 Å². The van der Waals surface area contributed by atoms with Gasteiger partial charge < -0.3 is 46.2 Å². The Bertz CT molecular complexity index is 2620. The minimum absolute atomic E-state index is 0.00224. The number of carbonyl (C=O) groups is 6. The number of nitro benzene ring substituents is 1. The van der Waals surface area contributed by atoms with Gasteiger partial charge in [-0.25, -0.2) is 9.59 Å². The average molecular weight is 1010 g/mol. The standard InChI is InChI=1S/C14H19NO4.C13H10N2O3.C12H15NO3.C10H9F3N2O4/c16-13(17)9-5-2-6-10-15-14(18)19-11-12-7-3-1-4-8-12;16-12-7-5-11(6-8-12)15-14-10-3-1-9(2-4-10)13(17)18;1-8-3-4-10(7-9(8)2)13-11(14)5-6-12(15)16;1-5(9(16)17)14-7-3-2-6(10(11,12)13)4-8(7)15(18)19/h1,3-4,7-8H,2,5-6,9-11H2,(H,15,18)(H,16,17);1-8,16H,(H,17,18);3-4,7H,5-6H2,1-2H3,(H,13,14)(H,15,16);2-5,14H,1H3,(H,16,17). The molecule has 20 nitrogen and oxygen atoms in total. The van der Waals surface area contributed by atoms with Crippen LogP contribution in [-0.2, 0) is 36.7 Å². The van der Waals surface area contributed by atoms with Gasteiger partial charge in [-0.05, 0) is 123 Å². The molecule has 23 heteroatoms. The molecular weight excluding hydrogens is 954 g/mol. The van der Waals surface area contributed by atoms with Crippen molar-refractivity contribution in [1.82, 2.24) is 5.32 Å². The second kappa shape index (κ2) is 30.6. The number of aromatic hydroxyl groups is 1. The van der Waals surface area contributed by atoms with Crippen LogP contribution in [0.15, 0.2) is 125 Å². The monoisotopic (exact) mass is 1010 g/mol. The molecular formula is C49H53F3N6O14. The number of phenolic OH excluding ortho intramolecular Hbond substituents is 1. The topological polar surface area (TPSA) is 317 Å². The van der Waals surface area contributed by atoms with Crippen LogP contribution in [0.4, 0.5) is 46.4 Å². The Morgan fingerprint density at radius 1 is 0.722 bits per heavy atom. The number of hydrogen-bond acceptors (Lipinski definition) is 13. The maximum absolute atomic E-state index is 12.4. The van der Waals surface area contributed by atoms with Crippen LogP contribution in [-0.4, -0.2) is 78.9 Å². The summed E-state index contributed by atoms with van der Waals surface area (Å²) in [7, 11) is 0. The Labute approximate surface area is 410 Å². The summed E-state index contributed by atoms with van der Waals surface area (Å²) in [6.07, 6.45) is -2.93. The van der Waals surface area contributed by atoms with E-state index in [1.54, 1.807) is 30.3 Å². The number of aryl methyl sites for hydroxylation is 2. The molecule has 0 spiro atoms. The third-order valence-corrected chi connectivity index (χ3v) is 9.42. The van der Waals surface area contributed by atoms with Crippen molar-refractivity contribution in [1.29, 1.82) is 0 Å². The quantitative estimate of drug-likeness (QED) is 0.0165. The molecule has 0 aliphatic carbocycles. The fraction of sp³-hybridized carbons (Fsp3) is 0.265. The van der Waals surface area contributed by atoms with Crippen LogP contribution in [0.2, 0.25) is 0 Å². The molecule has 0 saturated heterocycles. The van der Waals surface area contributed by atoms with E-state index in [0.717, 1.165) is 35.6 Å². The largest absolute Gasteiger partial charge is 0.508 e. The molecule has 0 radical (unpaired) electrons. The average Bonchev–Trinajstić information content (AvgIpc) is 3.33. The second-order valence-corrected chi connectivity index (χ2v) is 15.2. The highest BCUT2D eigenvalue weighted by molar-refractivity contribution is 5.92. The van der Waals surface area contributed by atoms with Gasteiger partial charge in [0, 0.05) is 31.1 Å². The number of carbonyl (C=O) groups excluding carboxylic acids is 2. The van der Waals surface area contributed by atoms with Crippen LogP contribution in [0, 0.1) is 24.0 Å². The van der Waals surface area contributed by atoms with Crippen LogP contribution in [0.1, 0.15) is 78.1 Å². The molecule has 2 amide bonds. The number of alkyl halides is 3. The number of nitrogens with zero attached hydrogens (tertiary/aromatic N) is 3. The lowest BCUT2D eigenvalue weighted by atomic mass is 10.1. The first-order valence-corrected chi connectivity index (χ1v) is 21.6. The molecule has 384 valence electrons. The van der Waals surface area contributed by atoms with Gasteiger partial charge in [-0.1, -0.05) is 42.8 Å². The summed E-state index contributed by atoms with van der Waals surface area (Å²) in [5.41, 5.74) is 2.99. The Morgan fingerprint density at radius 3 is 1.85 bits per heavy atom. The van der Waals surface area contributed by atoms with E-state index in [2.05, 4.69) is 26.2 Å². The van der Waals surface area contributed by atoms with Crippen LogP contribution in [0.5, 0.6) is 5.75 Å². The van der Waals surface area contributed by atoms with E-state index in [-0.39, 0.29) is 48.8 Å². The normalized spacial score (nSPS) is 10.9. The second-order valence-electron chi connectivity index (χ2n) is 15.2. The van der Waals surface area contributed by atoms with Crippen molar-refractivity contribution in [3.63, 3.8) is 0 Å². The number of rotatable bonds is 19. The van der Waals surface area contributed by atoms with Crippen molar-refractivity contribution in [2.75, 3.05) is 17.2 Å². The van der Waals surface area contributed by atoms with E-state index >= 15 is 0 Å². The lowest BCUT2D eigenvalue weighted by Crippen LogP contribution is -2.25. The highest BCUT2D eigenvalue weighted by atomic mass is 19.4. The first kappa shape index (κ1) is 59.2. The van der Waals surface area contributed by atoms with Crippen molar-refractivity contribution in [3.05, 3.63) is 153 Å². The molecule has 1 atom stereocenters. The number of benzene rings is 5. The van der Waals surface area contributed by atoms with E-state index in [0.29, 0.717) is 42.2 Å². The van der Waals surface area contributed by atoms with Crippen molar-refractivity contribution in [2.45, 2.75) is 78.1 Å². The van der Waals surface area contributed by atoms with Crippen molar-refractivity contribution >= 4 is 64.3 Å². The third kappa shape index (κ3) is 24.4. The molecule has 5 aromatic rings. The zero-order valence-electron chi connectivity index (χ0n) is 39.1. The zero-order chi connectivity index (χ0) is 53.8. The van der Waals surface area contributed by atoms with E-state index < -0.39 is 58.4 Å². The zero-order valence-corrected chi connectivity index (χ0v) is 39.1. The van der Waals surface area contributed by atoms with Crippen LogP contribution >= 0.6 is 0 Å². The minimum Gasteiger partial charge on any atom is -0.508 e. The number of alkyl carbamates (subject to hydrolysis) is 1. The number of carboxylic acid groups (broad SMARTS) is 4. The number of carboxylic acids is 4. The molecule has 0 saturated carbocycles. The van der Waals surface area contributed by atoms with Gasteiger partial charge in [0.1, 0.15) is 24.1 Å². The molecule has 8 N–H and O–H groups in total. The summed E-state index contributed by atoms with van der Waals surface area (Å²) in [5.74, 6) is -4.11. The van der Waals surface area contributed by atoms with E-state index in [9.17, 15) is 52.1 Å². The lowest BCUT2D eigenvalue weighted by Gasteiger charge is -2.12. The van der Waals surface area contributed by atoms with Crippen molar-refractivity contribution < 1.29 is 77.1 Å². The molecule has 0 fully saturated rings. The Morgan fingerprint density at radius 2 is 1.32 bits per heavy atom. The van der Waals surface area contributed by atoms with Crippen LogP contribution in [0.25, 0.3) is 0 Å². The van der Waals surface area contributed by atoms with Gasteiger partial charge in [0.2, 0.25) is 5.91 Å². The number of ether oxygens (including phenoxy) is 1. The number of aromatic carboxylic acids is 1. The predicted molar refractivity (Wildman–Crippen MR) is 257 cm³/mol. The molecule has 0 bridgehead atoms. The number of azo groups is 1. The third-order valence-electron chi connectivity index (χ3n) is 9.42. The van der Waals surface area contributed by atoms with Gasteiger partial charge in [0.05, 0.1) is 33.8 Å². The summed E-state index contributed by atoms with van der Waals surface area (Å²) < 4.78 is 42.3. The van der Waals surface area contributed by atoms with Gasteiger partial charge in [-0.15, -0.1) is 0 Å². The fourth-order valence-electron chi connectivity index (χ4n) is 5.39. The number of hydrogen-bond donors (Lipinski definition) is 8. The molecule has 0 heterocycles. The highest BCUT2D eigenvalue weighted by Gasteiger charge is 2.33. The van der Waals surface area contributed by atoms with Gasteiger partial charge in [0.25, 0.3) is 5.69 Å². The first-order chi connectivity index (χ1) is 33.9. The molecule has 1 unspecified atom stereocenters. The SMILES string of the molecule is CC(Nc1ccc(C(F)(F)F)cc1[N+](=O)[O-])C(=O)O.Cc1ccc(NC(=O)CCC(=O)O)cc1C.O=C(O)CCCCCNC(=O)OCc1ccccc1.O=C(O)c1ccc(N=Nc2ccc(O)cc2)cc1. The van der Waals surface area contributed by atoms with Gasteiger partial charge in [0.15, 0.2) is 0 Å². The number of unbranched alkanes of at least 4 members (excludes halogenated alkanes) is 2. The summed E-state index contributed by atoms with van der Waals surface area (Å²) >= 11 is 0. The van der Waals surface area contributed by atoms with Gasteiger partial charge in [-0.3, -0.25) is 29.3 Å². The highest BCUT2D eigenvalue weighted by Crippen LogP contribution is 2.35. The number of anilines is 2. The summed E-state index contributed by atoms with van der Waals surface area (Å²) in [5, 5.41) is 69.5. The Balaban J connectivity index is 0.000000330. The van der Waals surface area contributed by atoms with Crippen molar-refractivity contribution in [3.8, 4) is 5.75 Å². The molecule has 0 aliphatic rings. The first-order valence-electron chi connectivity index (χ1n) is 21.6. The fourth-order valence-corrected chi connectivity index (χ4v) is 5.39. The Hall–Kier alpha value is -8.89. The van der Waals surface area contributed by atoms with Gasteiger partial charge in [-0.2, -0.15) is 23.4 Å². The summed E-state index contributed by atoms with van der Waals surface area (Å²) in [4.78, 5) is 74.2. The van der Waals surface area contributed by atoms with Crippen molar-refractivity contribution in [2.24, 2.45) is 10.2 Å². The predicted octanol–water partition coefficient (Wildman–Crippen LogP) is 10.7. The lowest BCUT2D eigenvalue weighted by molar-refractivity contribution is -0.384. The number of nitro groups is 1. The van der Waals surface area contributed by atoms with E-state index in [4.69, 9.17) is 30.3 Å². The molecule has 0 aliphatic heterocycles. The molecule has 0 aromatic heterocycles. The maximum Gasteiger partial charge on any atom is 0.416 e. The van der Waals surface area contributed by atoms with Crippen LogP contribution in [0.3, 0.4) is 0 Å². The van der Waals surface area contributed by atoms with Gasteiger partial charge >= 0.3 is 36.1 Å². The summed E-state index contributed by atoms with van der Waals surface area (Å²) in [6.45, 7) is 5.93. The smallest absolute Gasteiger partial charge is 0.416 e.